The van der Waals surface area contributed by atoms with Crippen molar-refractivity contribution in [1.82, 2.24) is 0 Å². The van der Waals surface area contributed by atoms with Crippen LogP contribution in [0.5, 0.6) is 0 Å². The van der Waals surface area contributed by atoms with Gasteiger partial charge in [0.25, 0.3) is 0 Å². The Bertz CT molecular complexity index is 1160. The number of rotatable bonds is 17. The molecule has 0 spiro atoms. The molecule has 12 heteroatoms. The van der Waals surface area contributed by atoms with Crippen molar-refractivity contribution >= 4 is 49.7 Å². The Kier molecular flexibility index (Phi) is 23.1. The zero-order chi connectivity index (χ0) is 43.4. The lowest BCUT2D eigenvalue weighted by molar-refractivity contribution is 0.0391. The van der Waals surface area contributed by atoms with E-state index in [2.05, 4.69) is 144 Å². The van der Waals surface area contributed by atoms with E-state index in [1.165, 1.54) is 0 Å². The first-order valence-electron chi connectivity index (χ1n) is 18.5. The Hall–Kier alpha value is -0.499. The van der Waals surface area contributed by atoms with Crippen molar-refractivity contribution in [2.45, 2.75) is 180 Å². The summed E-state index contributed by atoms with van der Waals surface area (Å²) in [5.41, 5.74) is 7.32. The zero-order valence-corrected chi connectivity index (χ0v) is 44.4. The molecule has 0 saturated heterocycles. The summed E-state index contributed by atoms with van der Waals surface area (Å²) in [6.07, 6.45) is 3.66. The normalized spacial score (nSPS) is 15.8. The molecule has 3 N–H and O–H groups in total. The second-order valence-electron chi connectivity index (χ2n) is 19.2. The second kappa shape index (κ2) is 20.6. The maximum atomic E-state index is 10.4. The molecule has 0 rings (SSSR count). The summed E-state index contributed by atoms with van der Waals surface area (Å²) in [5, 5.41) is 7.43. The van der Waals surface area contributed by atoms with Crippen LogP contribution in [0.1, 0.15) is 69.2 Å². The fourth-order valence-electron chi connectivity index (χ4n) is 5.34. The van der Waals surface area contributed by atoms with Crippen LogP contribution < -0.4 is 0 Å². The minimum Gasteiger partial charge on any atom is -0.431 e. The van der Waals surface area contributed by atoms with E-state index in [1.54, 1.807) is 33.0 Å². The molecule has 0 bridgehead atoms. The molecule has 308 valence electrons. The molecule has 6 nitrogen and oxygen atoms in total. The first kappa shape index (κ1) is 58.2. The Balaban J connectivity index is -0.000000317. The van der Waals surface area contributed by atoms with Crippen LogP contribution in [0.15, 0.2) is 74.4 Å². The quantitative estimate of drug-likeness (QED) is 0.0999. The van der Waals surface area contributed by atoms with Crippen molar-refractivity contribution in [3.05, 3.63) is 74.4 Å². The van der Waals surface area contributed by atoms with E-state index in [1.807, 2.05) is 45.3 Å². The Morgan fingerprint density at radius 3 is 1.00 bits per heavy atom. The van der Waals surface area contributed by atoms with E-state index < -0.39 is 60.3 Å². The number of hydrogen-bond donors (Lipinski definition) is 3. The van der Waals surface area contributed by atoms with Gasteiger partial charge in [-0.05, 0) is 108 Å². The highest BCUT2D eigenvalue weighted by molar-refractivity contribution is 6.86. The van der Waals surface area contributed by atoms with Crippen LogP contribution >= 0.6 is 0 Å². The van der Waals surface area contributed by atoms with Gasteiger partial charge in [-0.1, -0.05) is 69.3 Å². The molecule has 0 fully saturated rings. The van der Waals surface area contributed by atoms with E-state index in [4.69, 9.17) is 18.4 Å². The van der Waals surface area contributed by atoms with Crippen molar-refractivity contribution in [2.24, 2.45) is 0 Å². The molecular formula is C40H88O6Si6. The average molecular weight is 834 g/mol. The Morgan fingerprint density at radius 1 is 0.481 bits per heavy atom. The summed E-state index contributed by atoms with van der Waals surface area (Å²) in [5.74, 6) is 0. The summed E-state index contributed by atoms with van der Waals surface area (Å²) in [6, 6.07) is 0. The molecule has 52 heavy (non-hydrogen) atoms. The van der Waals surface area contributed by atoms with Crippen LogP contribution in [0.25, 0.3) is 0 Å². The average Bonchev–Trinajstić information content (AvgIpc) is 2.93. The summed E-state index contributed by atoms with van der Waals surface area (Å²) < 4.78 is 18.5. The van der Waals surface area contributed by atoms with Crippen LogP contribution in [0, 0.1) is 0 Å². The van der Waals surface area contributed by atoms with Crippen LogP contribution in [-0.4, -0.2) is 86.9 Å². The lowest BCUT2D eigenvalue weighted by Gasteiger charge is -2.52. The van der Waals surface area contributed by atoms with Gasteiger partial charge in [-0.15, -0.1) is 45.2 Å². The lowest BCUT2D eigenvalue weighted by atomic mass is 9.91. The highest BCUT2D eigenvalue weighted by Crippen LogP contribution is 2.52. The molecule has 2 atom stereocenters. The van der Waals surface area contributed by atoms with Gasteiger partial charge >= 0.3 is 8.56 Å². The highest BCUT2D eigenvalue weighted by Gasteiger charge is 2.54. The minimum absolute atomic E-state index is 0.0569. The molecule has 0 radical (unpaired) electrons. The van der Waals surface area contributed by atoms with Crippen molar-refractivity contribution in [2.75, 3.05) is 0 Å². The maximum Gasteiger partial charge on any atom is 0.329 e. The van der Waals surface area contributed by atoms with Gasteiger partial charge in [0.15, 0.2) is 8.32 Å². The Labute approximate surface area is 330 Å². The molecule has 0 aromatic rings. The molecule has 0 aromatic heterocycles. The van der Waals surface area contributed by atoms with Gasteiger partial charge in [-0.2, -0.15) is 0 Å². The van der Waals surface area contributed by atoms with Crippen LogP contribution in [0.4, 0.5) is 0 Å². The summed E-state index contributed by atoms with van der Waals surface area (Å²) in [4.78, 5) is 20.3. The monoisotopic (exact) mass is 833 g/mol. The van der Waals surface area contributed by atoms with E-state index >= 15 is 0 Å². The van der Waals surface area contributed by atoms with Crippen LogP contribution in [0.2, 0.25) is 88.6 Å². The van der Waals surface area contributed by atoms with Crippen LogP contribution in [0.3, 0.4) is 0 Å². The van der Waals surface area contributed by atoms with Crippen molar-refractivity contribution in [3.8, 4) is 0 Å². The maximum absolute atomic E-state index is 10.4. The number of aliphatic hydroxyl groups is 1. The van der Waals surface area contributed by atoms with E-state index in [-0.39, 0.29) is 22.0 Å². The van der Waals surface area contributed by atoms with Gasteiger partial charge in [-0.3, -0.25) is 0 Å². The van der Waals surface area contributed by atoms with Crippen molar-refractivity contribution < 1.29 is 28.0 Å². The molecule has 0 aliphatic carbocycles. The van der Waals surface area contributed by atoms with Gasteiger partial charge in [-0.25, -0.2) is 0 Å². The van der Waals surface area contributed by atoms with Gasteiger partial charge in [0, 0.05) is 21.4 Å². The Morgan fingerprint density at radius 2 is 0.769 bits per heavy atom. The molecule has 2 unspecified atom stereocenters. The summed E-state index contributed by atoms with van der Waals surface area (Å²) in [6.45, 7) is 68.9. The molecule has 0 aromatic carbocycles. The minimum atomic E-state index is -2.63. The molecular weight excluding hydrogens is 745 g/mol. The SMILES string of the molecule is C=CC(C)(C(C)(C)O[Si](C)(C)C=C)[Si](C)(C)C=C.C=CC(C)(C(C)(C)O[Si](C)(C)O)[Si](C)(C)O.C=C[Si](C)(C)OC(C)(C)[Si](C)(C)C=C.CC(C)O. The van der Waals surface area contributed by atoms with Gasteiger partial charge in [0.1, 0.15) is 8.07 Å². The second-order valence-corrected chi connectivity index (χ2v) is 44.1. The zero-order valence-electron chi connectivity index (χ0n) is 38.4. The van der Waals surface area contributed by atoms with Gasteiger partial charge in [0.2, 0.25) is 16.6 Å². The first-order chi connectivity index (χ1) is 22.5. The summed E-state index contributed by atoms with van der Waals surface area (Å²) >= 11 is 0. The standard InChI is InChI=1S/C15H30OSi2.C11H26O3Si2.C11H24OSi2.C3H8O/c1-11-15(6,17(7,8)12-2)14(4,5)16-18(9,10)13-3;1-9-11(4,15(5,6)12)10(2,3)14-16(7,8)13;1-9-13(5,6)11(3,4)12-14(7,8)10-2;1-3(2)4/h11-13H,1-3H2,4-10H3;9,12-13H,1H2,2-8H3;9-10H,1-2H2,3-8H3;3-4H,1-2H3. The molecule has 0 saturated carbocycles. The first-order valence-corrected chi connectivity index (χ1v) is 36.4. The third-order valence-corrected chi connectivity index (χ3v) is 28.4. The van der Waals surface area contributed by atoms with Crippen molar-refractivity contribution in [1.29, 1.82) is 0 Å². The van der Waals surface area contributed by atoms with Gasteiger partial charge in [0.05, 0.1) is 19.3 Å². The van der Waals surface area contributed by atoms with E-state index in [0.29, 0.717) is 0 Å². The largest absolute Gasteiger partial charge is 0.431 e. The van der Waals surface area contributed by atoms with E-state index in [9.17, 15) is 9.59 Å². The number of aliphatic hydroxyl groups excluding tert-OH is 1. The highest BCUT2D eigenvalue weighted by atomic mass is 28.4. The van der Waals surface area contributed by atoms with Crippen molar-refractivity contribution in [3.63, 3.8) is 0 Å². The molecule has 0 aliphatic rings. The fraction of sp³-hybridized carbons (Fsp3) is 0.700. The smallest absolute Gasteiger partial charge is 0.329 e. The third-order valence-electron chi connectivity index (χ3n) is 11.0. The summed E-state index contributed by atoms with van der Waals surface area (Å²) in [7, 11) is -11.8. The topological polar surface area (TPSA) is 88.4 Å². The van der Waals surface area contributed by atoms with Crippen LogP contribution in [-0.2, 0) is 13.3 Å². The fourth-order valence-corrected chi connectivity index (χ4v) is 16.9. The predicted molar refractivity (Wildman–Crippen MR) is 250 cm³/mol. The number of hydrogen-bond acceptors (Lipinski definition) is 6. The van der Waals surface area contributed by atoms with Gasteiger partial charge < -0.3 is 28.0 Å². The lowest BCUT2D eigenvalue weighted by Crippen LogP contribution is -2.56. The molecule has 0 heterocycles. The predicted octanol–water partition coefficient (Wildman–Crippen LogP) is 11.8. The molecule has 0 aliphatic heterocycles. The molecule has 0 amide bonds. The third kappa shape index (κ3) is 18.0. The van der Waals surface area contributed by atoms with E-state index in [0.717, 1.165) is 0 Å².